The molecule has 0 aromatic heterocycles. The molecule has 0 radical (unpaired) electrons. The van der Waals surface area contributed by atoms with Gasteiger partial charge in [-0.1, -0.05) is 23.7 Å². The SMILES string of the molecule is CC(C)(C)OC(=O)N[C@H]1CSc2cc(Br)c(C(=O)NN)cc2N(Cc2ccc(Cl)cc2)C1=O.O=C(O)C(F)(F)F. The van der Waals surface area contributed by atoms with Gasteiger partial charge in [-0.3, -0.25) is 15.0 Å². The second-order valence-corrected chi connectivity index (χ2v) is 11.5. The molecule has 1 heterocycles. The van der Waals surface area contributed by atoms with Crippen molar-refractivity contribution < 1.29 is 42.2 Å². The van der Waals surface area contributed by atoms with Crippen LogP contribution in [0.3, 0.4) is 0 Å². The van der Waals surface area contributed by atoms with Crippen molar-refractivity contribution in [1.82, 2.24) is 10.7 Å². The first-order valence-corrected chi connectivity index (χ1v) is 13.4. The number of carbonyl (C=O) groups excluding carboxylic acids is 3. The first kappa shape index (κ1) is 33.2. The van der Waals surface area contributed by atoms with Crippen LogP contribution in [0.1, 0.15) is 36.7 Å². The predicted molar refractivity (Wildman–Crippen MR) is 146 cm³/mol. The number of hydrogen-bond donors (Lipinski definition) is 4. The Bertz CT molecular complexity index is 1270. The predicted octanol–water partition coefficient (Wildman–Crippen LogP) is 4.87. The average Bonchev–Trinajstić information content (AvgIpc) is 2.95. The van der Waals surface area contributed by atoms with E-state index in [4.69, 9.17) is 32.1 Å². The number of halogens is 5. The van der Waals surface area contributed by atoms with E-state index in [9.17, 15) is 27.6 Å². The highest BCUT2D eigenvalue weighted by molar-refractivity contribution is 9.10. The number of nitrogens with two attached hydrogens (primary N) is 1. The lowest BCUT2D eigenvalue weighted by atomic mass is 10.1. The van der Waals surface area contributed by atoms with Crippen molar-refractivity contribution in [1.29, 1.82) is 0 Å². The molecular formula is C24H25BrClF3N4O6S. The van der Waals surface area contributed by atoms with Gasteiger partial charge in [-0.25, -0.2) is 15.4 Å². The number of anilines is 1. The molecule has 16 heteroatoms. The summed E-state index contributed by atoms with van der Waals surface area (Å²) in [6.45, 7) is 5.46. The summed E-state index contributed by atoms with van der Waals surface area (Å²) >= 11 is 10.8. The zero-order valence-corrected chi connectivity index (χ0v) is 24.4. The molecule has 0 saturated carbocycles. The van der Waals surface area contributed by atoms with Crippen LogP contribution in [0.5, 0.6) is 0 Å². The summed E-state index contributed by atoms with van der Waals surface area (Å²) in [6.07, 6.45) is -5.76. The number of benzene rings is 2. The van der Waals surface area contributed by atoms with Crippen molar-refractivity contribution >= 4 is 68.9 Å². The number of hydrazine groups is 1. The first-order valence-electron chi connectivity index (χ1n) is 11.3. The van der Waals surface area contributed by atoms with Crippen LogP contribution in [0, 0.1) is 0 Å². The lowest BCUT2D eigenvalue weighted by Gasteiger charge is -2.27. The number of aliphatic carboxylic acids is 1. The average molecular weight is 670 g/mol. The lowest BCUT2D eigenvalue weighted by Crippen LogP contribution is -2.50. The van der Waals surface area contributed by atoms with Crippen molar-refractivity contribution in [2.75, 3.05) is 10.7 Å². The molecule has 1 atom stereocenters. The number of nitrogen functional groups attached to an aromatic ring is 1. The lowest BCUT2D eigenvalue weighted by molar-refractivity contribution is -0.192. The van der Waals surface area contributed by atoms with E-state index < -0.39 is 35.8 Å². The highest BCUT2D eigenvalue weighted by atomic mass is 79.9. The van der Waals surface area contributed by atoms with Crippen molar-refractivity contribution in [3.8, 4) is 0 Å². The van der Waals surface area contributed by atoms with E-state index in [0.29, 0.717) is 15.2 Å². The summed E-state index contributed by atoms with van der Waals surface area (Å²) in [5.74, 6) is 2.03. The standard InChI is InChI=1S/C22H24BrClN4O4S.C2HF3O2/c1-22(2,3)32-21(31)26-16-11-33-18-9-15(23)14(19(29)27-25)8-17(18)28(20(16)30)10-12-4-6-13(24)7-5-12;3-2(4,5)1(6)7/h4-9,16H,10-11,25H2,1-3H3,(H,26,31)(H,27,29);(H,6,7)/t16-;/m0./s1. The minimum atomic E-state index is -5.08. The van der Waals surface area contributed by atoms with E-state index in [1.165, 1.54) is 11.8 Å². The van der Waals surface area contributed by atoms with Crippen molar-refractivity contribution in [3.63, 3.8) is 0 Å². The van der Waals surface area contributed by atoms with Crippen LogP contribution < -0.4 is 21.5 Å². The maximum absolute atomic E-state index is 13.6. The quantitative estimate of drug-likeness (QED) is 0.205. The summed E-state index contributed by atoms with van der Waals surface area (Å²) in [5, 5.41) is 10.4. The van der Waals surface area contributed by atoms with Crippen LogP contribution in [0.15, 0.2) is 45.8 Å². The van der Waals surface area contributed by atoms with E-state index in [-0.39, 0.29) is 23.8 Å². The van der Waals surface area contributed by atoms with Gasteiger partial charge in [-0.2, -0.15) is 13.2 Å². The minimum absolute atomic E-state index is 0.210. The summed E-state index contributed by atoms with van der Waals surface area (Å²) in [5.41, 5.74) is 3.06. The van der Waals surface area contributed by atoms with Crippen molar-refractivity contribution in [2.45, 2.75) is 50.0 Å². The van der Waals surface area contributed by atoms with E-state index in [0.717, 1.165) is 10.5 Å². The zero-order valence-electron chi connectivity index (χ0n) is 21.3. The molecule has 40 heavy (non-hydrogen) atoms. The molecule has 2 aromatic rings. The van der Waals surface area contributed by atoms with Crippen LogP contribution in [-0.4, -0.2) is 52.6 Å². The summed E-state index contributed by atoms with van der Waals surface area (Å²) in [7, 11) is 0. The number of carboxylic acids is 1. The molecule has 3 rings (SSSR count). The fourth-order valence-corrected chi connectivity index (χ4v) is 5.05. The molecule has 1 aliphatic heterocycles. The van der Waals surface area contributed by atoms with Crippen LogP contribution in [0.2, 0.25) is 5.02 Å². The third-order valence-electron chi connectivity index (χ3n) is 4.87. The van der Waals surface area contributed by atoms with Gasteiger partial charge in [0.1, 0.15) is 11.6 Å². The molecule has 0 aliphatic carbocycles. The zero-order chi connectivity index (χ0) is 30.4. The van der Waals surface area contributed by atoms with Gasteiger partial charge < -0.3 is 20.1 Å². The Balaban J connectivity index is 0.000000708. The van der Waals surface area contributed by atoms with Crippen LogP contribution >= 0.6 is 39.3 Å². The van der Waals surface area contributed by atoms with Gasteiger partial charge in [0.05, 0.1) is 17.8 Å². The van der Waals surface area contributed by atoms with Crippen LogP contribution in [0.4, 0.5) is 23.7 Å². The molecule has 0 bridgehead atoms. The van der Waals surface area contributed by atoms with Crippen LogP contribution in [-0.2, 0) is 20.9 Å². The highest BCUT2D eigenvalue weighted by Gasteiger charge is 2.38. The minimum Gasteiger partial charge on any atom is -0.475 e. The smallest absolute Gasteiger partial charge is 0.475 e. The number of amides is 3. The topological polar surface area (TPSA) is 151 Å². The van der Waals surface area contributed by atoms with Gasteiger partial charge in [0, 0.05) is 20.1 Å². The maximum Gasteiger partial charge on any atom is 0.490 e. The number of alkyl carbamates (subject to hydrolysis) is 1. The summed E-state index contributed by atoms with van der Waals surface area (Å²) in [4.78, 5) is 49.5. The van der Waals surface area contributed by atoms with Gasteiger partial charge in [0.15, 0.2) is 0 Å². The maximum atomic E-state index is 13.6. The summed E-state index contributed by atoms with van der Waals surface area (Å²) in [6, 6.07) is 9.64. The number of thioether (sulfide) groups is 1. The summed E-state index contributed by atoms with van der Waals surface area (Å²) < 4.78 is 37.6. The van der Waals surface area contributed by atoms with Gasteiger partial charge in [-0.15, -0.1) is 11.8 Å². The monoisotopic (exact) mass is 668 g/mol. The Labute approximate surface area is 244 Å². The molecule has 0 spiro atoms. The molecule has 0 fully saturated rings. The number of carbonyl (C=O) groups is 4. The number of nitrogens with zero attached hydrogens (tertiary/aromatic N) is 1. The normalized spacial score (nSPS) is 15.2. The number of rotatable bonds is 4. The van der Waals surface area contributed by atoms with Gasteiger partial charge >= 0.3 is 18.2 Å². The van der Waals surface area contributed by atoms with Crippen molar-refractivity contribution in [3.05, 3.63) is 57.0 Å². The van der Waals surface area contributed by atoms with Gasteiger partial charge in [0.25, 0.3) is 11.8 Å². The van der Waals surface area contributed by atoms with E-state index >= 15 is 0 Å². The molecular weight excluding hydrogens is 645 g/mol. The first-order chi connectivity index (χ1) is 18.4. The van der Waals surface area contributed by atoms with E-state index in [1.54, 1.807) is 49.9 Å². The number of ether oxygens (including phenoxy) is 1. The van der Waals surface area contributed by atoms with Gasteiger partial charge in [-0.05, 0) is 66.5 Å². The second kappa shape index (κ2) is 13.6. The molecule has 10 nitrogen and oxygen atoms in total. The molecule has 2 aromatic carbocycles. The number of fused-ring (bicyclic) bond motifs is 1. The Morgan fingerprint density at radius 1 is 1.20 bits per heavy atom. The Morgan fingerprint density at radius 2 is 1.77 bits per heavy atom. The second-order valence-electron chi connectivity index (χ2n) is 9.14. The van der Waals surface area contributed by atoms with Crippen LogP contribution in [0.25, 0.3) is 0 Å². The van der Waals surface area contributed by atoms with Crippen molar-refractivity contribution in [2.24, 2.45) is 5.84 Å². The number of nitrogens with one attached hydrogen (secondary N) is 2. The molecule has 0 unspecified atom stereocenters. The van der Waals surface area contributed by atoms with Gasteiger partial charge in [0.2, 0.25) is 0 Å². The molecule has 3 amide bonds. The molecule has 0 saturated heterocycles. The van der Waals surface area contributed by atoms with E-state index in [2.05, 4.69) is 26.7 Å². The Hall–Kier alpha value is -3.01. The number of alkyl halides is 3. The third kappa shape index (κ3) is 9.57. The van der Waals surface area contributed by atoms with E-state index in [1.807, 2.05) is 12.1 Å². The highest BCUT2D eigenvalue weighted by Crippen LogP contribution is 2.39. The fraction of sp³-hybridized carbons (Fsp3) is 0.333. The number of hydrogen-bond acceptors (Lipinski definition) is 7. The molecule has 1 aliphatic rings. The molecule has 5 N–H and O–H groups in total. The Kier molecular flexibility index (Phi) is 11.3. The molecule has 218 valence electrons. The number of carboxylic acid groups (broad SMARTS) is 1. The fourth-order valence-electron chi connectivity index (χ4n) is 3.16. The Morgan fingerprint density at radius 3 is 2.27 bits per heavy atom. The third-order valence-corrected chi connectivity index (χ3v) is 6.92. The largest absolute Gasteiger partial charge is 0.490 e.